The van der Waals surface area contributed by atoms with Crippen LogP contribution >= 0.6 is 0 Å². The van der Waals surface area contributed by atoms with E-state index in [0.29, 0.717) is 25.0 Å². The van der Waals surface area contributed by atoms with Gasteiger partial charge < -0.3 is 9.64 Å². The monoisotopic (exact) mass is 347 g/mol. The summed E-state index contributed by atoms with van der Waals surface area (Å²) in [5, 5.41) is 0. The smallest absolute Gasteiger partial charge is 0.305 e. The van der Waals surface area contributed by atoms with Gasteiger partial charge in [-0.05, 0) is 60.4 Å². The van der Waals surface area contributed by atoms with Crippen LogP contribution in [0.3, 0.4) is 0 Å². The van der Waals surface area contributed by atoms with Crippen LogP contribution in [-0.4, -0.2) is 19.1 Å². The Kier molecular flexibility index (Phi) is 3.77. The highest BCUT2D eigenvalue weighted by Crippen LogP contribution is 2.51. The third kappa shape index (κ3) is 2.53. The molecule has 3 heteroatoms. The summed E-state index contributed by atoms with van der Waals surface area (Å²) in [6.45, 7) is 3.60. The van der Waals surface area contributed by atoms with E-state index in [1.807, 2.05) is 0 Å². The summed E-state index contributed by atoms with van der Waals surface area (Å²) in [7, 11) is 0. The summed E-state index contributed by atoms with van der Waals surface area (Å²) in [6, 6.07) is 14.1. The Morgan fingerprint density at radius 1 is 1.12 bits per heavy atom. The predicted molar refractivity (Wildman–Crippen MR) is 103 cm³/mol. The van der Waals surface area contributed by atoms with Crippen LogP contribution in [-0.2, 0) is 22.4 Å². The Bertz CT molecular complexity index is 873. The number of hydrogen-bond acceptors (Lipinski definition) is 3. The van der Waals surface area contributed by atoms with Gasteiger partial charge in [0.2, 0.25) is 0 Å². The fraction of sp³-hybridized carbons (Fsp3) is 0.435. The maximum atomic E-state index is 12.0. The van der Waals surface area contributed by atoms with Crippen molar-refractivity contribution >= 4 is 11.7 Å². The minimum Gasteiger partial charge on any atom is -0.465 e. The van der Waals surface area contributed by atoms with Gasteiger partial charge in [0.25, 0.3) is 0 Å². The molecule has 2 aromatic rings. The molecule has 3 aliphatic rings. The molecule has 2 aliphatic heterocycles. The molecule has 0 saturated heterocycles. The minimum absolute atomic E-state index is 0.0601. The molecule has 3 nitrogen and oxygen atoms in total. The first kappa shape index (κ1) is 15.9. The maximum Gasteiger partial charge on any atom is 0.305 e. The summed E-state index contributed by atoms with van der Waals surface area (Å²) in [4.78, 5) is 14.6. The number of rotatable bonds is 0. The second-order valence-corrected chi connectivity index (χ2v) is 7.97. The number of anilines is 1. The number of carbonyl (C=O) groups excluding carboxylic acids is 1. The van der Waals surface area contributed by atoms with E-state index in [0.717, 1.165) is 25.8 Å². The van der Waals surface area contributed by atoms with E-state index in [-0.39, 0.29) is 5.97 Å². The maximum absolute atomic E-state index is 12.0. The molecule has 0 fully saturated rings. The number of hydrogen-bond donors (Lipinski definition) is 0. The van der Waals surface area contributed by atoms with E-state index in [1.54, 1.807) is 0 Å². The zero-order valence-electron chi connectivity index (χ0n) is 15.3. The van der Waals surface area contributed by atoms with Crippen molar-refractivity contribution in [1.29, 1.82) is 0 Å². The molecule has 2 unspecified atom stereocenters. The Labute approximate surface area is 155 Å². The van der Waals surface area contributed by atoms with E-state index in [1.165, 1.54) is 39.9 Å². The number of fused-ring (bicyclic) bond motifs is 4. The van der Waals surface area contributed by atoms with Crippen molar-refractivity contribution in [1.82, 2.24) is 0 Å². The molecule has 134 valence electrons. The Hall–Kier alpha value is -2.29. The molecule has 0 spiro atoms. The third-order valence-electron chi connectivity index (χ3n) is 6.32. The summed E-state index contributed by atoms with van der Waals surface area (Å²) in [6.07, 6.45) is 4.51. The first-order valence-corrected chi connectivity index (χ1v) is 9.84. The topological polar surface area (TPSA) is 29.5 Å². The number of benzene rings is 2. The first-order chi connectivity index (χ1) is 12.7. The van der Waals surface area contributed by atoms with Crippen molar-refractivity contribution < 1.29 is 9.53 Å². The lowest BCUT2D eigenvalue weighted by Crippen LogP contribution is -2.39. The standard InChI is InChI=1S/C23H25NO2/c1-15-7-8-20-19(12-15)18-13-17-5-2-4-16-9-11-26-22(25)6-3-10-24(20)21(14-18)23(16)17/h2,4-5,7-8,12,18,21H,3,6,9-11,13-14H2,1H3. The summed E-state index contributed by atoms with van der Waals surface area (Å²) >= 11 is 0. The van der Waals surface area contributed by atoms with Crippen LogP contribution in [0.2, 0.25) is 0 Å². The van der Waals surface area contributed by atoms with Crippen molar-refractivity contribution in [2.24, 2.45) is 0 Å². The van der Waals surface area contributed by atoms with Gasteiger partial charge in [0.15, 0.2) is 0 Å². The number of nitrogens with zero attached hydrogens (tertiary/aromatic N) is 1. The average molecular weight is 347 g/mol. The fourth-order valence-electron chi connectivity index (χ4n) is 5.19. The van der Waals surface area contributed by atoms with Gasteiger partial charge in [-0.1, -0.05) is 35.9 Å². The molecule has 1 aliphatic carbocycles. The van der Waals surface area contributed by atoms with Gasteiger partial charge in [-0.2, -0.15) is 0 Å². The molecular formula is C23H25NO2. The van der Waals surface area contributed by atoms with Crippen molar-refractivity contribution in [2.45, 2.75) is 51.0 Å². The lowest BCUT2D eigenvalue weighted by atomic mass is 9.71. The van der Waals surface area contributed by atoms with Crippen LogP contribution in [0.4, 0.5) is 5.69 Å². The van der Waals surface area contributed by atoms with E-state index >= 15 is 0 Å². The highest BCUT2D eigenvalue weighted by Gasteiger charge is 2.39. The molecule has 0 aromatic heterocycles. The third-order valence-corrected chi connectivity index (χ3v) is 6.32. The lowest BCUT2D eigenvalue weighted by Gasteiger charge is -2.47. The molecule has 5 rings (SSSR count). The summed E-state index contributed by atoms with van der Waals surface area (Å²) in [5.41, 5.74) is 8.57. The van der Waals surface area contributed by atoms with Gasteiger partial charge in [0.05, 0.1) is 12.6 Å². The van der Waals surface area contributed by atoms with Crippen LogP contribution in [0, 0.1) is 6.92 Å². The number of esters is 1. The fourth-order valence-corrected chi connectivity index (χ4v) is 5.19. The minimum atomic E-state index is -0.0601. The zero-order valence-corrected chi connectivity index (χ0v) is 15.3. The molecule has 0 N–H and O–H groups in total. The van der Waals surface area contributed by atoms with E-state index in [4.69, 9.17) is 4.74 Å². The second kappa shape index (κ2) is 6.15. The molecular weight excluding hydrogens is 322 g/mol. The summed E-state index contributed by atoms with van der Waals surface area (Å²) in [5.74, 6) is 0.548. The Morgan fingerprint density at radius 2 is 2.00 bits per heavy atom. The van der Waals surface area contributed by atoms with Crippen molar-refractivity contribution in [3.05, 3.63) is 64.2 Å². The Morgan fingerprint density at radius 3 is 2.92 bits per heavy atom. The van der Waals surface area contributed by atoms with Crippen LogP contribution in [0.25, 0.3) is 0 Å². The first-order valence-electron chi connectivity index (χ1n) is 9.84. The highest BCUT2D eigenvalue weighted by atomic mass is 16.5. The van der Waals surface area contributed by atoms with E-state index in [2.05, 4.69) is 48.2 Å². The number of ether oxygens (including phenoxy) is 1. The van der Waals surface area contributed by atoms with Gasteiger partial charge in [-0.15, -0.1) is 0 Å². The second-order valence-electron chi connectivity index (χ2n) is 7.97. The van der Waals surface area contributed by atoms with Crippen molar-refractivity contribution in [3.63, 3.8) is 0 Å². The van der Waals surface area contributed by atoms with Crippen LogP contribution < -0.4 is 4.90 Å². The Balaban J connectivity index is 1.67. The van der Waals surface area contributed by atoms with Crippen LogP contribution in [0.15, 0.2) is 36.4 Å². The molecule has 2 atom stereocenters. The number of cyclic esters (lactones) is 1. The number of carbonyl (C=O) groups is 1. The summed E-state index contributed by atoms with van der Waals surface area (Å²) < 4.78 is 5.46. The zero-order chi connectivity index (χ0) is 17.7. The SMILES string of the molecule is Cc1ccc2c(c1)C1Cc3cccc4c3C(C1)N2CCCC(=O)OCC4. The normalized spacial score (nSPS) is 24.3. The van der Waals surface area contributed by atoms with Gasteiger partial charge in [-0.3, -0.25) is 4.79 Å². The largest absolute Gasteiger partial charge is 0.465 e. The quantitative estimate of drug-likeness (QED) is 0.659. The van der Waals surface area contributed by atoms with Gasteiger partial charge in [0.1, 0.15) is 0 Å². The van der Waals surface area contributed by atoms with Crippen molar-refractivity contribution in [3.8, 4) is 0 Å². The molecule has 2 aromatic carbocycles. The molecule has 26 heavy (non-hydrogen) atoms. The van der Waals surface area contributed by atoms with Crippen molar-refractivity contribution in [2.75, 3.05) is 18.1 Å². The molecule has 2 heterocycles. The number of aryl methyl sites for hydroxylation is 1. The highest BCUT2D eigenvalue weighted by molar-refractivity contribution is 5.70. The predicted octanol–water partition coefficient (Wildman–Crippen LogP) is 4.47. The van der Waals surface area contributed by atoms with Gasteiger partial charge >= 0.3 is 5.97 Å². The molecule has 0 saturated carbocycles. The lowest BCUT2D eigenvalue weighted by molar-refractivity contribution is -0.143. The van der Waals surface area contributed by atoms with Crippen LogP contribution in [0.1, 0.15) is 59.0 Å². The van der Waals surface area contributed by atoms with Gasteiger partial charge in [-0.25, -0.2) is 0 Å². The van der Waals surface area contributed by atoms with Crippen LogP contribution in [0.5, 0.6) is 0 Å². The molecule has 0 amide bonds. The van der Waals surface area contributed by atoms with E-state index in [9.17, 15) is 4.79 Å². The average Bonchev–Trinajstić information content (AvgIpc) is 2.67. The molecule has 2 bridgehead atoms. The van der Waals surface area contributed by atoms with Gasteiger partial charge in [0, 0.05) is 25.1 Å². The van der Waals surface area contributed by atoms with E-state index < -0.39 is 0 Å². The molecule has 0 radical (unpaired) electrons.